The summed E-state index contributed by atoms with van der Waals surface area (Å²) in [6, 6.07) is 19.0. The Balaban J connectivity index is 1.52. The summed E-state index contributed by atoms with van der Waals surface area (Å²) in [7, 11) is 0. The lowest BCUT2D eigenvalue weighted by Gasteiger charge is -2.20. The Morgan fingerprint density at radius 3 is 2.50 bits per heavy atom. The van der Waals surface area contributed by atoms with Gasteiger partial charge in [0.05, 0.1) is 16.8 Å². The Bertz CT molecular complexity index is 1300. The molecule has 1 saturated carbocycles. The number of hydrogen-bond acceptors (Lipinski definition) is 4. The molecule has 0 radical (unpaired) electrons. The third kappa shape index (κ3) is 4.13. The largest absolute Gasteiger partial charge is 0.298 e. The van der Waals surface area contributed by atoms with E-state index in [0.717, 1.165) is 35.2 Å². The molecule has 0 aliphatic heterocycles. The van der Waals surface area contributed by atoms with Crippen molar-refractivity contribution < 1.29 is 4.79 Å². The fourth-order valence-corrected chi connectivity index (χ4v) is 4.69. The number of fused-ring (bicyclic) bond motifs is 1. The summed E-state index contributed by atoms with van der Waals surface area (Å²) in [6.07, 6.45) is 8.30. The van der Waals surface area contributed by atoms with E-state index in [2.05, 4.69) is 5.10 Å². The molecule has 0 bridgehead atoms. The van der Waals surface area contributed by atoms with Crippen LogP contribution in [0.1, 0.15) is 38.5 Å². The van der Waals surface area contributed by atoms with Gasteiger partial charge in [-0.25, -0.2) is 9.20 Å². The first kappa shape index (κ1) is 20.4. The molecule has 162 valence electrons. The topological polar surface area (TPSA) is 69.3 Å². The monoisotopic (exact) mass is 426 g/mol. The zero-order chi connectivity index (χ0) is 21.9. The van der Waals surface area contributed by atoms with Crippen LogP contribution >= 0.6 is 0 Å². The molecule has 0 unspecified atom stereocenters. The number of benzene rings is 1. The number of hydrogen-bond donors (Lipinski definition) is 0. The van der Waals surface area contributed by atoms with Crippen LogP contribution in [0.25, 0.3) is 28.0 Å². The number of carbonyl (C=O) groups excluding carboxylic acids is 1. The van der Waals surface area contributed by atoms with Crippen LogP contribution in [-0.2, 0) is 11.3 Å². The highest BCUT2D eigenvalue weighted by Crippen LogP contribution is 2.33. The maximum Gasteiger partial charge on any atom is 0.267 e. The van der Waals surface area contributed by atoms with E-state index in [9.17, 15) is 9.59 Å². The minimum absolute atomic E-state index is 0.0169. The summed E-state index contributed by atoms with van der Waals surface area (Å²) in [5.41, 5.74) is 3.89. The number of Topliss-reactive ketones (excluding diaryl/α,β-unsaturated/α-hetero) is 1. The van der Waals surface area contributed by atoms with E-state index in [1.165, 1.54) is 30.0 Å². The van der Waals surface area contributed by atoms with Crippen LogP contribution in [0.15, 0.2) is 71.7 Å². The Morgan fingerprint density at radius 2 is 1.69 bits per heavy atom. The summed E-state index contributed by atoms with van der Waals surface area (Å²) in [5, 5.41) is 9.39. The summed E-state index contributed by atoms with van der Waals surface area (Å²) in [5.74, 6) is 0.520. The average Bonchev–Trinajstić information content (AvgIpc) is 3.21. The summed E-state index contributed by atoms with van der Waals surface area (Å²) < 4.78 is 3.13. The summed E-state index contributed by atoms with van der Waals surface area (Å²) in [4.78, 5) is 25.2. The molecule has 0 saturated heterocycles. The predicted molar refractivity (Wildman–Crippen MR) is 124 cm³/mol. The number of nitrogens with zero attached hydrogens (tertiary/aromatic N) is 4. The molecule has 6 nitrogen and oxygen atoms in total. The minimum Gasteiger partial charge on any atom is -0.298 e. The van der Waals surface area contributed by atoms with Gasteiger partial charge in [0.1, 0.15) is 12.2 Å². The van der Waals surface area contributed by atoms with Crippen molar-refractivity contribution in [3.05, 3.63) is 77.2 Å². The van der Waals surface area contributed by atoms with Crippen molar-refractivity contribution in [1.82, 2.24) is 19.4 Å². The van der Waals surface area contributed by atoms with Crippen LogP contribution in [0.2, 0.25) is 0 Å². The Hall–Kier alpha value is -3.54. The highest BCUT2D eigenvalue weighted by Gasteiger charge is 2.20. The molecule has 4 aromatic rings. The van der Waals surface area contributed by atoms with Gasteiger partial charge in [-0.05, 0) is 24.1 Å². The number of carbonyl (C=O) groups is 1. The molecular weight excluding hydrogens is 400 g/mol. The van der Waals surface area contributed by atoms with Crippen molar-refractivity contribution in [3.8, 4) is 22.5 Å². The van der Waals surface area contributed by atoms with Crippen LogP contribution in [0.4, 0.5) is 0 Å². The van der Waals surface area contributed by atoms with Gasteiger partial charge >= 0.3 is 0 Å². The molecule has 32 heavy (non-hydrogen) atoms. The lowest BCUT2D eigenvalue weighted by molar-refractivity contribution is -0.121. The molecule has 3 aromatic heterocycles. The van der Waals surface area contributed by atoms with E-state index >= 15 is 0 Å². The zero-order valence-electron chi connectivity index (χ0n) is 18.0. The van der Waals surface area contributed by atoms with Gasteiger partial charge in [0, 0.05) is 24.2 Å². The molecule has 3 heterocycles. The third-order valence-corrected chi connectivity index (χ3v) is 6.28. The second-order valence-electron chi connectivity index (χ2n) is 8.58. The fraction of sp³-hybridized carbons (Fsp3) is 0.308. The van der Waals surface area contributed by atoms with Gasteiger partial charge < -0.3 is 0 Å². The van der Waals surface area contributed by atoms with E-state index < -0.39 is 0 Å². The third-order valence-electron chi connectivity index (χ3n) is 6.28. The average molecular weight is 427 g/mol. The molecule has 1 fully saturated rings. The highest BCUT2D eigenvalue weighted by molar-refractivity contribution is 5.90. The van der Waals surface area contributed by atoms with E-state index in [4.69, 9.17) is 5.10 Å². The van der Waals surface area contributed by atoms with Crippen LogP contribution in [0.3, 0.4) is 0 Å². The van der Waals surface area contributed by atoms with Gasteiger partial charge in [-0.3, -0.25) is 9.59 Å². The zero-order valence-corrected chi connectivity index (χ0v) is 18.0. The van der Waals surface area contributed by atoms with Crippen molar-refractivity contribution in [2.24, 2.45) is 5.92 Å². The molecule has 0 amide bonds. The Morgan fingerprint density at radius 1 is 0.906 bits per heavy atom. The maximum absolute atomic E-state index is 12.7. The van der Waals surface area contributed by atoms with Gasteiger partial charge in [0.25, 0.3) is 5.56 Å². The van der Waals surface area contributed by atoms with E-state index in [0.29, 0.717) is 18.0 Å². The standard InChI is InChI=1S/C26H26N4O2/c31-21(17-19-9-3-1-4-10-19)18-30-24(32)15-14-22(27-30)25-23-13-7-8-16-29(23)28-26(25)20-11-5-2-6-12-20/h2,5-8,11-16,19H,1,3-4,9-10,17-18H2. The smallest absolute Gasteiger partial charge is 0.267 e. The van der Waals surface area contributed by atoms with Crippen LogP contribution in [-0.4, -0.2) is 25.2 Å². The van der Waals surface area contributed by atoms with Crippen LogP contribution < -0.4 is 5.56 Å². The maximum atomic E-state index is 12.7. The Labute approximate surface area is 186 Å². The van der Waals surface area contributed by atoms with Gasteiger partial charge in [0.15, 0.2) is 5.78 Å². The molecule has 1 aliphatic carbocycles. The van der Waals surface area contributed by atoms with Gasteiger partial charge in [-0.2, -0.15) is 10.2 Å². The lowest BCUT2D eigenvalue weighted by atomic mass is 9.86. The molecule has 1 aromatic carbocycles. The minimum atomic E-state index is -0.261. The molecule has 0 atom stereocenters. The van der Waals surface area contributed by atoms with Crippen molar-refractivity contribution in [2.75, 3.05) is 0 Å². The number of aromatic nitrogens is 4. The van der Waals surface area contributed by atoms with Crippen molar-refractivity contribution in [1.29, 1.82) is 0 Å². The molecule has 0 N–H and O–H groups in total. The quantitative estimate of drug-likeness (QED) is 0.446. The molecule has 5 rings (SSSR count). The first-order valence-electron chi connectivity index (χ1n) is 11.3. The molecule has 6 heteroatoms. The number of ketones is 1. The summed E-state index contributed by atoms with van der Waals surface area (Å²) in [6.45, 7) is 0.0169. The van der Waals surface area contributed by atoms with Gasteiger partial charge in [-0.1, -0.05) is 68.5 Å². The highest BCUT2D eigenvalue weighted by atomic mass is 16.1. The normalized spacial score (nSPS) is 14.6. The second kappa shape index (κ2) is 8.91. The molecule has 0 spiro atoms. The van der Waals surface area contributed by atoms with E-state index in [1.54, 1.807) is 6.07 Å². The SMILES string of the molecule is O=C(CC1CCCCC1)Cn1nc(-c2c(-c3ccccc3)nn3ccccc23)ccc1=O. The Kier molecular flexibility index (Phi) is 5.67. The van der Waals surface area contributed by atoms with E-state index in [1.807, 2.05) is 59.2 Å². The van der Waals surface area contributed by atoms with Crippen molar-refractivity contribution >= 4 is 11.3 Å². The van der Waals surface area contributed by atoms with Crippen molar-refractivity contribution in [2.45, 2.75) is 45.1 Å². The van der Waals surface area contributed by atoms with E-state index in [-0.39, 0.29) is 17.9 Å². The predicted octanol–water partition coefficient (Wildman–Crippen LogP) is 4.76. The fourth-order valence-electron chi connectivity index (χ4n) is 4.69. The number of rotatable bonds is 6. The van der Waals surface area contributed by atoms with Gasteiger partial charge in [0.2, 0.25) is 0 Å². The van der Waals surface area contributed by atoms with Crippen LogP contribution in [0, 0.1) is 5.92 Å². The second-order valence-corrected chi connectivity index (χ2v) is 8.58. The first-order valence-corrected chi connectivity index (χ1v) is 11.3. The number of pyridine rings is 1. The lowest BCUT2D eigenvalue weighted by Crippen LogP contribution is -2.27. The van der Waals surface area contributed by atoms with Gasteiger partial charge in [-0.15, -0.1) is 0 Å². The molecular formula is C26H26N4O2. The van der Waals surface area contributed by atoms with Crippen molar-refractivity contribution in [3.63, 3.8) is 0 Å². The summed E-state index contributed by atoms with van der Waals surface area (Å²) >= 11 is 0. The first-order chi connectivity index (χ1) is 15.7. The van der Waals surface area contributed by atoms with Crippen LogP contribution in [0.5, 0.6) is 0 Å². The molecule has 1 aliphatic rings.